The molecule has 1 rings (SSSR count). The molecule has 1 aromatic rings. The highest BCUT2D eigenvalue weighted by Crippen LogP contribution is 2.11. The average molecular weight is 167 g/mol. The highest BCUT2D eigenvalue weighted by atomic mass is 35.5. The SMILES string of the molecule is Cl.FC(F)c1ncccn1. The number of halogens is 3. The lowest BCUT2D eigenvalue weighted by Gasteiger charge is -1.92. The quantitative estimate of drug-likeness (QED) is 0.636. The van der Waals surface area contributed by atoms with E-state index in [9.17, 15) is 8.78 Å². The molecule has 2 nitrogen and oxygen atoms in total. The molecule has 0 bridgehead atoms. The third kappa shape index (κ3) is 2.23. The summed E-state index contributed by atoms with van der Waals surface area (Å²) in [5.74, 6) is -0.419. The van der Waals surface area contributed by atoms with Crippen molar-refractivity contribution in [1.82, 2.24) is 9.97 Å². The first kappa shape index (κ1) is 9.23. The summed E-state index contributed by atoms with van der Waals surface area (Å²) in [6.07, 6.45) is 0.00870. The van der Waals surface area contributed by atoms with Crippen LogP contribution < -0.4 is 0 Å². The molecule has 0 unspecified atom stereocenters. The highest BCUT2D eigenvalue weighted by molar-refractivity contribution is 5.85. The molecule has 0 atom stereocenters. The van der Waals surface area contributed by atoms with Crippen LogP contribution in [-0.2, 0) is 0 Å². The average Bonchev–Trinajstić information content (AvgIpc) is 1.90. The van der Waals surface area contributed by atoms with Crippen molar-refractivity contribution in [3.8, 4) is 0 Å². The monoisotopic (exact) mass is 166 g/mol. The van der Waals surface area contributed by atoms with Gasteiger partial charge in [0.15, 0.2) is 5.82 Å². The van der Waals surface area contributed by atoms with Crippen LogP contribution in [0.1, 0.15) is 12.2 Å². The summed E-state index contributed by atoms with van der Waals surface area (Å²) in [4.78, 5) is 6.63. The Hall–Kier alpha value is -0.770. The second-order valence-corrected chi connectivity index (χ2v) is 1.41. The molecule has 1 heterocycles. The van der Waals surface area contributed by atoms with E-state index in [4.69, 9.17) is 0 Å². The van der Waals surface area contributed by atoms with E-state index < -0.39 is 12.2 Å². The zero-order chi connectivity index (χ0) is 6.69. The van der Waals surface area contributed by atoms with E-state index >= 15 is 0 Å². The summed E-state index contributed by atoms with van der Waals surface area (Å²) in [6, 6.07) is 1.49. The molecule has 56 valence electrons. The van der Waals surface area contributed by atoms with E-state index in [-0.39, 0.29) is 12.4 Å². The first-order valence-corrected chi connectivity index (χ1v) is 2.36. The van der Waals surface area contributed by atoms with Gasteiger partial charge in [0, 0.05) is 12.4 Å². The van der Waals surface area contributed by atoms with Crippen molar-refractivity contribution in [3.05, 3.63) is 24.3 Å². The van der Waals surface area contributed by atoms with Crippen LogP contribution in [0.15, 0.2) is 18.5 Å². The molecule has 0 aliphatic carbocycles. The van der Waals surface area contributed by atoms with E-state index in [1.165, 1.54) is 18.5 Å². The van der Waals surface area contributed by atoms with Gasteiger partial charge in [-0.15, -0.1) is 12.4 Å². The molecular formula is C5H5ClF2N2. The molecule has 1 aromatic heterocycles. The van der Waals surface area contributed by atoms with Gasteiger partial charge in [-0.2, -0.15) is 0 Å². The Morgan fingerprint density at radius 1 is 1.20 bits per heavy atom. The molecule has 0 spiro atoms. The fourth-order valence-electron chi connectivity index (χ4n) is 0.423. The smallest absolute Gasteiger partial charge is 0.236 e. The van der Waals surface area contributed by atoms with Crippen LogP contribution in [0.5, 0.6) is 0 Å². The maximum absolute atomic E-state index is 11.6. The zero-order valence-electron chi connectivity index (χ0n) is 4.87. The van der Waals surface area contributed by atoms with Gasteiger partial charge in [0.05, 0.1) is 0 Å². The van der Waals surface area contributed by atoms with Gasteiger partial charge in [-0.05, 0) is 6.07 Å². The molecule has 0 radical (unpaired) electrons. The Morgan fingerprint density at radius 2 is 1.70 bits per heavy atom. The van der Waals surface area contributed by atoms with Gasteiger partial charge in [0.1, 0.15) is 0 Å². The Bertz CT molecular complexity index is 180. The lowest BCUT2D eigenvalue weighted by molar-refractivity contribution is 0.140. The Labute approximate surface area is 62.7 Å². The molecule has 0 amide bonds. The number of aromatic nitrogens is 2. The maximum atomic E-state index is 11.6. The van der Waals surface area contributed by atoms with E-state index in [0.29, 0.717) is 0 Å². The topological polar surface area (TPSA) is 25.8 Å². The summed E-state index contributed by atoms with van der Waals surface area (Å²) in [7, 11) is 0. The lowest BCUT2D eigenvalue weighted by atomic mass is 10.6. The van der Waals surface area contributed by atoms with Crippen LogP contribution in [0.25, 0.3) is 0 Å². The van der Waals surface area contributed by atoms with Crippen molar-refractivity contribution in [2.24, 2.45) is 0 Å². The van der Waals surface area contributed by atoms with Crippen molar-refractivity contribution in [2.75, 3.05) is 0 Å². The molecule has 0 aromatic carbocycles. The van der Waals surface area contributed by atoms with Crippen molar-refractivity contribution >= 4 is 12.4 Å². The van der Waals surface area contributed by atoms with E-state index in [1.807, 2.05) is 0 Å². The molecule has 0 aliphatic heterocycles. The van der Waals surface area contributed by atoms with Crippen molar-refractivity contribution in [1.29, 1.82) is 0 Å². The van der Waals surface area contributed by atoms with Gasteiger partial charge >= 0.3 is 0 Å². The highest BCUT2D eigenvalue weighted by Gasteiger charge is 2.07. The van der Waals surface area contributed by atoms with Crippen LogP contribution in [0.3, 0.4) is 0 Å². The van der Waals surface area contributed by atoms with Crippen molar-refractivity contribution < 1.29 is 8.78 Å². The Balaban J connectivity index is 0.000000810. The number of hydrogen-bond donors (Lipinski definition) is 0. The zero-order valence-corrected chi connectivity index (χ0v) is 5.68. The molecule has 0 N–H and O–H groups in total. The van der Waals surface area contributed by atoms with Crippen LogP contribution in [0.2, 0.25) is 0 Å². The predicted octanol–water partition coefficient (Wildman–Crippen LogP) is 1.84. The standard InChI is InChI=1S/C5H4F2N2.ClH/c6-4(7)5-8-2-1-3-9-5;/h1-4H;1H. The number of nitrogens with zero attached hydrogens (tertiary/aromatic N) is 2. The third-order valence-corrected chi connectivity index (χ3v) is 0.781. The molecular weight excluding hydrogens is 162 g/mol. The molecule has 0 fully saturated rings. The predicted molar refractivity (Wildman–Crippen MR) is 34.2 cm³/mol. The first-order valence-electron chi connectivity index (χ1n) is 2.36. The summed E-state index contributed by atoms with van der Waals surface area (Å²) in [5.41, 5.74) is 0. The maximum Gasteiger partial charge on any atom is 0.297 e. The molecule has 0 aliphatic rings. The molecule has 0 saturated carbocycles. The van der Waals surface area contributed by atoms with Crippen molar-refractivity contribution in [3.63, 3.8) is 0 Å². The van der Waals surface area contributed by atoms with Crippen LogP contribution in [0, 0.1) is 0 Å². The van der Waals surface area contributed by atoms with Gasteiger partial charge in [0.25, 0.3) is 6.43 Å². The summed E-state index contributed by atoms with van der Waals surface area (Å²) < 4.78 is 23.3. The first-order chi connectivity index (χ1) is 4.30. The minimum atomic E-state index is -2.56. The van der Waals surface area contributed by atoms with Gasteiger partial charge in [-0.25, -0.2) is 18.7 Å². The van der Waals surface area contributed by atoms with Crippen LogP contribution in [0.4, 0.5) is 8.78 Å². The van der Waals surface area contributed by atoms with Crippen LogP contribution >= 0.6 is 12.4 Å². The number of rotatable bonds is 1. The lowest BCUT2D eigenvalue weighted by Crippen LogP contribution is -1.91. The van der Waals surface area contributed by atoms with Gasteiger partial charge < -0.3 is 0 Å². The second kappa shape index (κ2) is 4.11. The fraction of sp³-hybridized carbons (Fsp3) is 0.200. The normalized spacial score (nSPS) is 9.10. The fourth-order valence-corrected chi connectivity index (χ4v) is 0.423. The van der Waals surface area contributed by atoms with Crippen molar-refractivity contribution in [2.45, 2.75) is 6.43 Å². The van der Waals surface area contributed by atoms with E-state index in [2.05, 4.69) is 9.97 Å². The Morgan fingerprint density at radius 3 is 2.00 bits per heavy atom. The molecule has 0 saturated heterocycles. The Kier molecular flexibility index (Phi) is 3.79. The van der Waals surface area contributed by atoms with Crippen LogP contribution in [-0.4, -0.2) is 9.97 Å². The van der Waals surface area contributed by atoms with E-state index in [1.54, 1.807) is 0 Å². The second-order valence-electron chi connectivity index (χ2n) is 1.41. The number of alkyl halides is 2. The summed E-state index contributed by atoms with van der Waals surface area (Å²) in [6.45, 7) is 0. The van der Waals surface area contributed by atoms with E-state index in [0.717, 1.165) is 0 Å². The molecule has 5 heteroatoms. The van der Waals surface area contributed by atoms with Gasteiger partial charge in [-0.3, -0.25) is 0 Å². The summed E-state index contributed by atoms with van der Waals surface area (Å²) >= 11 is 0. The minimum Gasteiger partial charge on any atom is -0.236 e. The minimum absolute atomic E-state index is 0. The summed E-state index contributed by atoms with van der Waals surface area (Å²) in [5, 5.41) is 0. The molecule has 10 heavy (non-hydrogen) atoms. The van der Waals surface area contributed by atoms with Gasteiger partial charge in [-0.1, -0.05) is 0 Å². The largest absolute Gasteiger partial charge is 0.297 e. The van der Waals surface area contributed by atoms with Gasteiger partial charge in [0.2, 0.25) is 0 Å². The third-order valence-electron chi connectivity index (χ3n) is 0.781. The number of hydrogen-bond acceptors (Lipinski definition) is 2.